The number of hydrogen-bond donors (Lipinski definition) is 0. The minimum absolute atomic E-state index is 0.0856. The van der Waals surface area contributed by atoms with Crippen LogP contribution in [-0.2, 0) is 10.3 Å². The van der Waals surface area contributed by atoms with E-state index in [4.69, 9.17) is 4.65 Å². The lowest BCUT2D eigenvalue weighted by atomic mass is 9.87. The molecule has 3 rings (SSSR count). The maximum Gasteiger partial charge on any atom is 0.364 e. The minimum atomic E-state index is -0.0856. The molecule has 2 heterocycles. The average molecular weight is 201 g/mol. The Morgan fingerprint density at radius 2 is 2.20 bits per heavy atom. The molecule has 0 aliphatic carbocycles. The van der Waals surface area contributed by atoms with Gasteiger partial charge in [-0.2, -0.15) is 0 Å². The zero-order chi connectivity index (χ0) is 10.3. The average Bonchev–Trinajstić information content (AvgIpc) is 2.85. The Hall–Kier alpha value is -0.795. The molecule has 0 spiro atoms. The molecule has 2 saturated heterocycles. The molecule has 2 aliphatic rings. The van der Waals surface area contributed by atoms with Crippen molar-refractivity contribution in [3.63, 3.8) is 0 Å². The highest BCUT2D eigenvalue weighted by Crippen LogP contribution is 2.41. The summed E-state index contributed by atoms with van der Waals surface area (Å²) in [4.78, 5) is 2.47. The first kappa shape index (κ1) is 9.43. The SMILES string of the molecule is C[C@]1(c2ccccc2)OBN2CCCC21. The van der Waals surface area contributed by atoms with Gasteiger partial charge in [0.15, 0.2) is 0 Å². The van der Waals surface area contributed by atoms with Crippen molar-refractivity contribution in [3.8, 4) is 0 Å². The molecule has 78 valence electrons. The summed E-state index contributed by atoms with van der Waals surface area (Å²) in [6.07, 6.45) is 2.59. The maximum atomic E-state index is 6.02. The predicted octanol–water partition coefficient (Wildman–Crippen LogP) is 1.66. The fraction of sp³-hybridized carbons (Fsp3) is 0.500. The van der Waals surface area contributed by atoms with Gasteiger partial charge in [0.05, 0.1) is 5.60 Å². The van der Waals surface area contributed by atoms with Gasteiger partial charge >= 0.3 is 7.62 Å². The summed E-state index contributed by atoms with van der Waals surface area (Å²) in [5.74, 6) is 0. The van der Waals surface area contributed by atoms with Crippen LogP contribution in [-0.4, -0.2) is 25.0 Å². The van der Waals surface area contributed by atoms with Gasteiger partial charge in [-0.25, -0.2) is 0 Å². The summed E-state index contributed by atoms with van der Waals surface area (Å²) in [7, 11) is 0.802. The molecule has 0 amide bonds. The third kappa shape index (κ3) is 1.34. The van der Waals surface area contributed by atoms with E-state index in [1.54, 1.807) is 0 Å². The summed E-state index contributed by atoms with van der Waals surface area (Å²) >= 11 is 0. The smallest absolute Gasteiger partial charge is 0.364 e. The van der Waals surface area contributed by atoms with Crippen LogP contribution in [0.15, 0.2) is 30.3 Å². The van der Waals surface area contributed by atoms with Crippen molar-refractivity contribution in [2.24, 2.45) is 0 Å². The number of nitrogens with zero attached hydrogens (tertiary/aromatic N) is 1. The molecule has 1 unspecified atom stereocenters. The maximum absolute atomic E-state index is 6.02. The van der Waals surface area contributed by atoms with Crippen molar-refractivity contribution in [3.05, 3.63) is 35.9 Å². The Labute approximate surface area is 91.5 Å². The second kappa shape index (κ2) is 3.36. The number of fused-ring (bicyclic) bond motifs is 1. The van der Waals surface area contributed by atoms with Gasteiger partial charge < -0.3 is 9.47 Å². The summed E-state index contributed by atoms with van der Waals surface area (Å²) in [6, 6.07) is 11.2. The minimum Gasteiger partial charge on any atom is -0.413 e. The van der Waals surface area contributed by atoms with E-state index in [0.717, 1.165) is 7.62 Å². The van der Waals surface area contributed by atoms with Crippen molar-refractivity contribution in [2.75, 3.05) is 6.54 Å². The van der Waals surface area contributed by atoms with Crippen LogP contribution < -0.4 is 0 Å². The fourth-order valence-electron chi connectivity index (χ4n) is 2.96. The summed E-state index contributed by atoms with van der Waals surface area (Å²) in [5, 5.41) is 0. The molecular weight excluding hydrogens is 185 g/mol. The first-order valence-electron chi connectivity index (χ1n) is 5.74. The van der Waals surface area contributed by atoms with Crippen LogP contribution in [0, 0.1) is 0 Å². The van der Waals surface area contributed by atoms with E-state index in [9.17, 15) is 0 Å². The van der Waals surface area contributed by atoms with Crippen molar-refractivity contribution in [1.29, 1.82) is 0 Å². The number of hydrogen-bond acceptors (Lipinski definition) is 2. The number of benzene rings is 1. The molecule has 2 nitrogen and oxygen atoms in total. The molecule has 2 atom stereocenters. The van der Waals surface area contributed by atoms with Gasteiger partial charge in [-0.1, -0.05) is 30.3 Å². The van der Waals surface area contributed by atoms with E-state index >= 15 is 0 Å². The van der Waals surface area contributed by atoms with Gasteiger partial charge in [0.25, 0.3) is 0 Å². The second-order valence-electron chi connectivity index (χ2n) is 4.72. The van der Waals surface area contributed by atoms with Crippen LogP contribution in [0.25, 0.3) is 0 Å². The Kier molecular flexibility index (Phi) is 2.11. The molecule has 0 N–H and O–H groups in total. The summed E-state index contributed by atoms with van der Waals surface area (Å²) < 4.78 is 6.02. The zero-order valence-corrected chi connectivity index (χ0v) is 9.15. The highest BCUT2D eigenvalue weighted by atomic mass is 16.5. The summed E-state index contributed by atoms with van der Waals surface area (Å²) in [5.41, 5.74) is 1.23. The van der Waals surface area contributed by atoms with E-state index in [-0.39, 0.29) is 5.60 Å². The molecule has 2 fully saturated rings. The standard InChI is InChI=1S/C12H16BNO/c1-12(10-6-3-2-4-7-10)11-8-5-9-14(11)13-15-12/h2-4,6-7,11,13H,5,8-9H2,1H3/t11?,12-/m1/s1. The highest BCUT2D eigenvalue weighted by Gasteiger charge is 2.48. The van der Waals surface area contributed by atoms with Crippen molar-refractivity contribution in [2.45, 2.75) is 31.4 Å². The molecule has 0 aromatic heterocycles. The molecule has 0 radical (unpaired) electrons. The van der Waals surface area contributed by atoms with Gasteiger partial charge in [-0.15, -0.1) is 0 Å². The number of rotatable bonds is 1. The van der Waals surface area contributed by atoms with Crippen LogP contribution in [0.5, 0.6) is 0 Å². The second-order valence-corrected chi connectivity index (χ2v) is 4.72. The van der Waals surface area contributed by atoms with Crippen LogP contribution in [0.4, 0.5) is 0 Å². The van der Waals surface area contributed by atoms with Crippen LogP contribution in [0.1, 0.15) is 25.3 Å². The van der Waals surface area contributed by atoms with Gasteiger partial charge in [-0.3, -0.25) is 0 Å². The first-order chi connectivity index (χ1) is 7.31. The molecule has 2 aliphatic heterocycles. The molecule has 1 aromatic carbocycles. The van der Waals surface area contributed by atoms with Gasteiger partial charge in [-0.05, 0) is 31.9 Å². The van der Waals surface area contributed by atoms with E-state index < -0.39 is 0 Å². The van der Waals surface area contributed by atoms with E-state index in [2.05, 4.69) is 42.1 Å². The Morgan fingerprint density at radius 1 is 1.40 bits per heavy atom. The van der Waals surface area contributed by atoms with E-state index in [1.165, 1.54) is 24.9 Å². The third-order valence-electron chi connectivity index (χ3n) is 3.88. The molecule has 0 bridgehead atoms. The molecule has 15 heavy (non-hydrogen) atoms. The lowest BCUT2D eigenvalue weighted by molar-refractivity contribution is 0.0842. The molecular formula is C12H16BNO. The largest absolute Gasteiger partial charge is 0.413 e. The summed E-state index contributed by atoms with van der Waals surface area (Å²) in [6.45, 7) is 3.44. The topological polar surface area (TPSA) is 12.5 Å². The van der Waals surface area contributed by atoms with Crippen LogP contribution in [0.3, 0.4) is 0 Å². The van der Waals surface area contributed by atoms with E-state index in [1.807, 2.05) is 0 Å². The lowest BCUT2D eigenvalue weighted by Gasteiger charge is -2.31. The van der Waals surface area contributed by atoms with Crippen molar-refractivity contribution < 1.29 is 4.65 Å². The predicted molar refractivity (Wildman–Crippen MR) is 61.8 cm³/mol. The Bertz CT molecular complexity index is 356. The van der Waals surface area contributed by atoms with Crippen molar-refractivity contribution in [1.82, 2.24) is 4.81 Å². The third-order valence-corrected chi connectivity index (χ3v) is 3.88. The van der Waals surface area contributed by atoms with Crippen LogP contribution in [0.2, 0.25) is 0 Å². The zero-order valence-electron chi connectivity index (χ0n) is 9.15. The Balaban J connectivity index is 1.97. The quantitative estimate of drug-likeness (QED) is 0.640. The van der Waals surface area contributed by atoms with Gasteiger partial charge in [0.1, 0.15) is 0 Å². The monoisotopic (exact) mass is 201 g/mol. The normalized spacial score (nSPS) is 35.1. The fourth-order valence-corrected chi connectivity index (χ4v) is 2.96. The molecule has 0 saturated carbocycles. The lowest BCUT2D eigenvalue weighted by Crippen LogP contribution is -2.37. The molecule has 3 heteroatoms. The Morgan fingerprint density at radius 3 is 3.00 bits per heavy atom. The van der Waals surface area contributed by atoms with E-state index in [0.29, 0.717) is 6.04 Å². The van der Waals surface area contributed by atoms with Crippen molar-refractivity contribution >= 4 is 7.62 Å². The van der Waals surface area contributed by atoms with Gasteiger partial charge in [0.2, 0.25) is 0 Å². The molecule has 1 aromatic rings. The van der Waals surface area contributed by atoms with Crippen LogP contribution >= 0.6 is 0 Å². The highest BCUT2D eigenvalue weighted by molar-refractivity contribution is 6.25. The first-order valence-corrected chi connectivity index (χ1v) is 5.74. The van der Waals surface area contributed by atoms with Gasteiger partial charge in [0, 0.05) is 6.04 Å².